The van der Waals surface area contributed by atoms with Crippen molar-refractivity contribution in [3.05, 3.63) is 0 Å². The Balaban J connectivity index is 1.52. The summed E-state index contributed by atoms with van der Waals surface area (Å²) in [4.78, 5) is 0. The average Bonchev–Trinajstić information content (AvgIpc) is 3.00. The van der Waals surface area contributed by atoms with Crippen LogP contribution in [0.3, 0.4) is 0 Å². The van der Waals surface area contributed by atoms with E-state index in [1.807, 2.05) is 0 Å². The van der Waals surface area contributed by atoms with Crippen LogP contribution < -0.4 is 0 Å². The minimum absolute atomic E-state index is 0.185. The van der Waals surface area contributed by atoms with E-state index in [4.69, 9.17) is 0 Å². The first-order chi connectivity index (χ1) is 13.7. The lowest BCUT2D eigenvalue weighted by Crippen LogP contribution is -2.60. The average molecular weight is 405 g/mol. The van der Waals surface area contributed by atoms with Crippen molar-refractivity contribution < 1.29 is 10.2 Å². The number of hydrogen-bond donors (Lipinski definition) is 2. The number of hydrogen-bond acceptors (Lipinski definition) is 2. The summed E-state index contributed by atoms with van der Waals surface area (Å²) in [6.45, 7) is 12.3. The summed E-state index contributed by atoms with van der Waals surface area (Å²) in [6, 6.07) is 0. The van der Waals surface area contributed by atoms with Crippen LogP contribution in [0, 0.1) is 52.3 Å². The van der Waals surface area contributed by atoms with Gasteiger partial charge in [-0.2, -0.15) is 0 Å². The molecule has 0 aliphatic heterocycles. The van der Waals surface area contributed by atoms with E-state index >= 15 is 0 Å². The molecule has 0 saturated heterocycles. The monoisotopic (exact) mass is 404 g/mol. The predicted molar refractivity (Wildman–Crippen MR) is 120 cm³/mol. The van der Waals surface area contributed by atoms with Gasteiger partial charge in [0.1, 0.15) is 0 Å². The summed E-state index contributed by atoms with van der Waals surface area (Å²) in [5.74, 6) is 4.61. The highest BCUT2D eigenvalue weighted by atomic mass is 16.3. The molecule has 2 heteroatoms. The third-order valence-corrected chi connectivity index (χ3v) is 10.8. The Morgan fingerprint density at radius 2 is 1.52 bits per heavy atom. The quantitative estimate of drug-likeness (QED) is 0.553. The molecule has 0 aromatic rings. The highest BCUT2D eigenvalue weighted by Crippen LogP contribution is 2.68. The van der Waals surface area contributed by atoms with E-state index in [9.17, 15) is 10.2 Å². The highest BCUT2D eigenvalue weighted by molar-refractivity contribution is 5.12. The first-order valence-corrected chi connectivity index (χ1v) is 13.0. The molecular weight excluding hydrogens is 356 g/mol. The smallest absolute Gasteiger partial charge is 0.0577 e. The minimum Gasteiger partial charge on any atom is -0.393 e. The van der Waals surface area contributed by atoms with Crippen LogP contribution in [0.15, 0.2) is 0 Å². The van der Waals surface area contributed by atoms with Crippen molar-refractivity contribution in [1.82, 2.24) is 0 Å². The summed E-state index contributed by atoms with van der Waals surface area (Å²) in [7, 11) is 0. The van der Waals surface area contributed by atoms with Crippen LogP contribution in [-0.4, -0.2) is 22.4 Å². The molecule has 168 valence electrons. The molecule has 4 aliphatic carbocycles. The zero-order chi connectivity index (χ0) is 21.0. The van der Waals surface area contributed by atoms with Crippen LogP contribution in [0.1, 0.15) is 105 Å². The maximum Gasteiger partial charge on any atom is 0.0577 e. The molecule has 4 rings (SSSR count). The van der Waals surface area contributed by atoms with Gasteiger partial charge in [0.15, 0.2) is 0 Å². The van der Waals surface area contributed by atoms with Crippen molar-refractivity contribution >= 4 is 0 Å². The van der Waals surface area contributed by atoms with Crippen LogP contribution >= 0.6 is 0 Å². The molecule has 0 bridgehead atoms. The largest absolute Gasteiger partial charge is 0.393 e. The van der Waals surface area contributed by atoms with Gasteiger partial charge in [0, 0.05) is 0 Å². The second kappa shape index (κ2) is 8.12. The first-order valence-electron chi connectivity index (χ1n) is 13.0. The van der Waals surface area contributed by atoms with Crippen molar-refractivity contribution in [2.45, 2.75) is 117 Å². The lowest BCUT2D eigenvalue weighted by Gasteiger charge is -2.62. The molecule has 2 N–H and O–H groups in total. The van der Waals surface area contributed by atoms with Gasteiger partial charge in [-0.15, -0.1) is 0 Å². The van der Waals surface area contributed by atoms with E-state index in [-0.39, 0.29) is 17.6 Å². The number of rotatable bonds is 5. The molecule has 4 aliphatic rings. The molecule has 0 amide bonds. The topological polar surface area (TPSA) is 40.5 Å². The lowest BCUT2D eigenvalue weighted by atomic mass is 9.43. The van der Waals surface area contributed by atoms with Crippen molar-refractivity contribution in [3.8, 4) is 0 Å². The summed E-state index contributed by atoms with van der Waals surface area (Å²) in [6.07, 6.45) is 13.3. The highest BCUT2D eigenvalue weighted by Gasteiger charge is 2.63. The Morgan fingerprint density at radius 1 is 0.793 bits per heavy atom. The van der Waals surface area contributed by atoms with Gasteiger partial charge >= 0.3 is 0 Å². The maximum absolute atomic E-state index is 11.4. The standard InChI is InChI=1S/C27H48O2/c1-17(2)8-6-9-18(3)19-11-12-20-25-21(13-15-27(19,20)5)26(4)14-7-10-23(28)22(26)16-24(25)29/h17-25,28-29H,6-16H2,1-5H3/t18-,19-,20+,21+,22+,23?,24?,25+,26-,27-/m1/s1. The van der Waals surface area contributed by atoms with Gasteiger partial charge in [-0.05, 0) is 97.2 Å². The molecule has 0 heterocycles. The molecule has 0 aromatic heterocycles. The van der Waals surface area contributed by atoms with E-state index in [1.54, 1.807) is 0 Å². The van der Waals surface area contributed by atoms with Gasteiger partial charge in [-0.3, -0.25) is 0 Å². The van der Waals surface area contributed by atoms with E-state index < -0.39 is 0 Å². The Hall–Kier alpha value is -0.0800. The van der Waals surface area contributed by atoms with Crippen LogP contribution in [0.5, 0.6) is 0 Å². The fraction of sp³-hybridized carbons (Fsp3) is 1.00. The molecular formula is C27H48O2. The second-order valence-corrected chi connectivity index (χ2v) is 12.7. The summed E-state index contributed by atoms with van der Waals surface area (Å²) in [5, 5.41) is 22.1. The molecule has 0 aromatic carbocycles. The van der Waals surface area contributed by atoms with Gasteiger partial charge in [-0.1, -0.05) is 60.3 Å². The second-order valence-electron chi connectivity index (χ2n) is 12.7. The third kappa shape index (κ3) is 3.63. The molecule has 4 fully saturated rings. The van der Waals surface area contributed by atoms with Gasteiger partial charge in [-0.25, -0.2) is 0 Å². The van der Waals surface area contributed by atoms with Crippen molar-refractivity contribution in [1.29, 1.82) is 0 Å². The molecule has 29 heavy (non-hydrogen) atoms. The number of fused-ring (bicyclic) bond motifs is 5. The van der Waals surface area contributed by atoms with Crippen LogP contribution in [0.2, 0.25) is 0 Å². The van der Waals surface area contributed by atoms with Crippen LogP contribution in [0.4, 0.5) is 0 Å². The minimum atomic E-state index is -0.189. The first kappa shape index (κ1) is 22.1. The van der Waals surface area contributed by atoms with E-state index in [0.29, 0.717) is 29.1 Å². The van der Waals surface area contributed by atoms with Crippen molar-refractivity contribution in [2.24, 2.45) is 52.3 Å². The maximum atomic E-state index is 11.4. The molecule has 10 atom stereocenters. The normalized spacial score (nSPS) is 50.7. The molecule has 0 spiro atoms. The Morgan fingerprint density at radius 3 is 2.24 bits per heavy atom. The molecule has 4 saturated carbocycles. The fourth-order valence-electron chi connectivity index (χ4n) is 9.35. The Kier molecular flexibility index (Phi) is 6.19. The number of aliphatic hydroxyl groups is 2. The van der Waals surface area contributed by atoms with E-state index in [0.717, 1.165) is 30.6 Å². The molecule has 2 unspecified atom stereocenters. The Bertz CT molecular complexity index is 573. The van der Waals surface area contributed by atoms with Gasteiger partial charge < -0.3 is 10.2 Å². The van der Waals surface area contributed by atoms with Gasteiger partial charge in [0.25, 0.3) is 0 Å². The number of aliphatic hydroxyl groups excluding tert-OH is 2. The zero-order valence-corrected chi connectivity index (χ0v) is 19.9. The van der Waals surface area contributed by atoms with E-state index in [1.165, 1.54) is 57.8 Å². The zero-order valence-electron chi connectivity index (χ0n) is 19.9. The summed E-state index contributed by atoms with van der Waals surface area (Å²) in [5.41, 5.74) is 0.680. The van der Waals surface area contributed by atoms with Crippen LogP contribution in [0.25, 0.3) is 0 Å². The van der Waals surface area contributed by atoms with Gasteiger partial charge in [0.2, 0.25) is 0 Å². The SMILES string of the molecule is CC(C)CCC[C@@H](C)[C@H]1CC[C@H]2[C@@H]3C(O)C[C@H]4C(O)CCC[C@]4(C)[C@H]3CC[C@]12C. The van der Waals surface area contributed by atoms with Gasteiger partial charge in [0.05, 0.1) is 12.2 Å². The van der Waals surface area contributed by atoms with E-state index in [2.05, 4.69) is 34.6 Å². The fourth-order valence-corrected chi connectivity index (χ4v) is 9.35. The Labute approximate surface area is 180 Å². The third-order valence-electron chi connectivity index (χ3n) is 10.8. The predicted octanol–water partition coefficient (Wildman–Crippen LogP) is 6.44. The van der Waals surface area contributed by atoms with Crippen molar-refractivity contribution in [2.75, 3.05) is 0 Å². The summed E-state index contributed by atoms with van der Waals surface area (Å²) >= 11 is 0. The van der Waals surface area contributed by atoms with Crippen molar-refractivity contribution in [3.63, 3.8) is 0 Å². The molecule has 0 radical (unpaired) electrons. The summed E-state index contributed by atoms with van der Waals surface area (Å²) < 4.78 is 0. The lowest BCUT2D eigenvalue weighted by molar-refractivity contribution is -0.187. The van der Waals surface area contributed by atoms with Crippen LogP contribution in [-0.2, 0) is 0 Å². The molecule has 2 nitrogen and oxygen atoms in total.